The first-order valence-corrected chi connectivity index (χ1v) is 7.16. The Kier molecular flexibility index (Phi) is 3.74. The summed E-state index contributed by atoms with van der Waals surface area (Å²) in [5.74, 6) is 5.30. The summed E-state index contributed by atoms with van der Waals surface area (Å²) in [6, 6.07) is 0. The fourth-order valence-electron chi connectivity index (χ4n) is 3.21. The van der Waals surface area contributed by atoms with Crippen molar-refractivity contribution in [3.05, 3.63) is 0 Å². The molecule has 2 saturated carbocycles. The molecule has 0 amide bonds. The Labute approximate surface area is 95.8 Å². The van der Waals surface area contributed by atoms with Crippen LogP contribution >= 0.6 is 0 Å². The van der Waals surface area contributed by atoms with Gasteiger partial charge in [0.25, 0.3) is 0 Å². The topological polar surface area (TPSA) is 0 Å². The highest BCUT2D eigenvalue weighted by Gasteiger charge is 2.42. The van der Waals surface area contributed by atoms with E-state index in [4.69, 9.17) is 0 Å². The molecular formula is C15H28. The number of hydrogen-bond donors (Lipinski definition) is 0. The first kappa shape index (κ1) is 11.5. The third-order valence-corrected chi connectivity index (χ3v) is 4.77. The molecule has 0 saturated heterocycles. The van der Waals surface area contributed by atoms with Gasteiger partial charge in [0.05, 0.1) is 0 Å². The van der Waals surface area contributed by atoms with Crippen molar-refractivity contribution in [3.8, 4) is 0 Å². The second kappa shape index (κ2) is 4.89. The molecule has 2 fully saturated rings. The molecule has 15 heavy (non-hydrogen) atoms. The summed E-state index contributed by atoms with van der Waals surface area (Å²) in [5, 5.41) is 0. The maximum atomic E-state index is 2.49. The van der Waals surface area contributed by atoms with Crippen LogP contribution in [0.2, 0.25) is 0 Å². The average molecular weight is 208 g/mol. The summed E-state index contributed by atoms with van der Waals surface area (Å²) in [6.45, 7) is 7.20. The van der Waals surface area contributed by atoms with E-state index in [1.54, 1.807) is 25.7 Å². The lowest BCUT2D eigenvalue weighted by Crippen LogP contribution is -2.12. The zero-order valence-electron chi connectivity index (χ0n) is 10.8. The minimum absolute atomic E-state index is 0.899. The predicted octanol–water partition coefficient (Wildman–Crippen LogP) is 4.89. The lowest BCUT2D eigenvalue weighted by molar-refractivity contribution is 0.269. The van der Waals surface area contributed by atoms with Crippen LogP contribution in [-0.2, 0) is 0 Å². The highest BCUT2D eigenvalue weighted by atomic mass is 14.5. The zero-order valence-corrected chi connectivity index (χ0v) is 10.8. The van der Waals surface area contributed by atoms with Gasteiger partial charge in [-0.15, -0.1) is 0 Å². The molecule has 0 heterocycles. The maximum absolute atomic E-state index is 2.49. The minimum atomic E-state index is 0.899. The normalized spacial score (nSPS) is 32.8. The van der Waals surface area contributed by atoms with E-state index in [1.165, 1.54) is 19.3 Å². The van der Waals surface area contributed by atoms with Gasteiger partial charge < -0.3 is 0 Å². The monoisotopic (exact) mass is 208 g/mol. The molecule has 0 radical (unpaired) electrons. The molecule has 0 heteroatoms. The van der Waals surface area contributed by atoms with E-state index in [1.807, 2.05) is 0 Å². The van der Waals surface area contributed by atoms with Crippen molar-refractivity contribution < 1.29 is 0 Å². The van der Waals surface area contributed by atoms with E-state index in [9.17, 15) is 0 Å². The van der Waals surface area contributed by atoms with Gasteiger partial charge >= 0.3 is 0 Å². The van der Waals surface area contributed by atoms with Crippen molar-refractivity contribution in [2.75, 3.05) is 0 Å². The van der Waals surface area contributed by atoms with Crippen LogP contribution in [0, 0.1) is 29.6 Å². The number of rotatable bonds is 6. The Morgan fingerprint density at radius 3 is 2.33 bits per heavy atom. The zero-order chi connectivity index (χ0) is 10.8. The van der Waals surface area contributed by atoms with Gasteiger partial charge in [-0.05, 0) is 42.4 Å². The Bertz CT molecular complexity index is 190. The van der Waals surface area contributed by atoms with Gasteiger partial charge in [-0.1, -0.05) is 52.9 Å². The fraction of sp³-hybridized carbons (Fsp3) is 1.00. The summed E-state index contributed by atoms with van der Waals surface area (Å²) in [4.78, 5) is 0. The van der Waals surface area contributed by atoms with Crippen molar-refractivity contribution in [3.63, 3.8) is 0 Å². The lowest BCUT2D eigenvalue weighted by atomic mass is 9.80. The first-order valence-electron chi connectivity index (χ1n) is 7.16. The average Bonchev–Trinajstić information content (AvgIpc) is 2.86. The molecule has 0 aromatic rings. The predicted molar refractivity (Wildman–Crippen MR) is 66.8 cm³/mol. The molecule has 3 unspecified atom stereocenters. The Balaban J connectivity index is 1.59. The van der Waals surface area contributed by atoms with Crippen LogP contribution in [0.1, 0.15) is 65.7 Å². The molecular weight excluding hydrogens is 180 g/mol. The molecule has 88 valence electrons. The molecule has 0 N–H and O–H groups in total. The first-order chi connectivity index (χ1) is 7.16. The molecule has 2 aliphatic carbocycles. The smallest absolute Gasteiger partial charge is 0.0357 e. The molecule has 2 aliphatic rings. The summed E-state index contributed by atoms with van der Waals surface area (Å²) in [5.41, 5.74) is 0. The number of hydrogen-bond acceptors (Lipinski definition) is 0. The van der Waals surface area contributed by atoms with Crippen LogP contribution in [0.3, 0.4) is 0 Å². The fourth-order valence-corrected chi connectivity index (χ4v) is 3.21. The van der Waals surface area contributed by atoms with Gasteiger partial charge in [0.2, 0.25) is 0 Å². The van der Waals surface area contributed by atoms with Crippen molar-refractivity contribution in [1.29, 1.82) is 0 Å². The Morgan fingerprint density at radius 1 is 1.07 bits per heavy atom. The maximum Gasteiger partial charge on any atom is -0.0357 e. The largest absolute Gasteiger partial charge is 0.0628 e. The van der Waals surface area contributed by atoms with Crippen LogP contribution in [-0.4, -0.2) is 0 Å². The van der Waals surface area contributed by atoms with Gasteiger partial charge in [0, 0.05) is 0 Å². The highest BCUT2D eigenvalue weighted by Crippen LogP contribution is 2.51. The van der Waals surface area contributed by atoms with Crippen LogP contribution in [0.25, 0.3) is 0 Å². The van der Waals surface area contributed by atoms with Crippen molar-refractivity contribution in [2.45, 2.75) is 65.7 Å². The third-order valence-electron chi connectivity index (χ3n) is 4.77. The third kappa shape index (κ3) is 3.23. The summed E-state index contributed by atoms with van der Waals surface area (Å²) in [6.07, 6.45) is 10.7. The molecule has 2 rings (SSSR count). The van der Waals surface area contributed by atoms with Crippen LogP contribution in [0.15, 0.2) is 0 Å². The van der Waals surface area contributed by atoms with Gasteiger partial charge in [-0.3, -0.25) is 0 Å². The van der Waals surface area contributed by atoms with Crippen LogP contribution in [0.5, 0.6) is 0 Å². The lowest BCUT2D eigenvalue weighted by Gasteiger charge is -2.25. The van der Waals surface area contributed by atoms with Gasteiger partial charge in [0.1, 0.15) is 0 Å². The van der Waals surface area contributed by atoms with Gasteiger partial charge in [-0.25, -0.2) is 0 Å². The van der Waals surface area contributed by atoms with E-state index in [2.05, 4.69) is 20.8 Å². The van der Waals surface area contributed by atoms with E-state index >= 15 is 0 Å². The van der Waals surface area contributed by atoms with Crippen LogP contribution in [0.4, 0.5) is 0 Å². The Hall–Kier alpha value is 0. The van der Waals surface area contributed by atoms with E-state index < -0.39 is 0 Å². The van der Waals surface area contributed by atoms with Crippen molar-refractivity contribution in [2.24, 2.45) is 29.6 Å². The van der Waals surface area contributed by atoms with Crippen LogP contribution < -0.4 is 0 Å². The van der Waals surface area contributed by atoms with Gasteiger partial charge in [-0.2, -0.15) is 0 Å². The van der Waals surface area contributed by atoms with Gasteiger partial charge in [0.15, 0.2) is 0 Å². The second-order valence-corrected chi connectivity index (χ2v) is 6.64. The van der Waals surface area contributed by atoms with E-state index in [0.717, 1.165) is 29.6 Å². The quantitative estimate of drug-likeness (QED) is 0.583. The summed E-state index contributed by atoms with van der Waals surface area (Å²) >= 11 is 0. The molecule has 3 atom stereocenters. The standard InChI is InChI=1S/C15H28/c1-11(2)7-8-12(3)15-10-14(15)9-13-5-4-6-13/h11-15H,4-10H2,1-3H3. The molecule has 0 bridgehead atoms. The highest BCUT2D eigenvalue weighted by molar-refractivity contribution is 4.92. The van der Waals surface area contributed by atoms with E-state index in [-0.39, 0.29) is 0 Å². The molecule has 0 aliphatic heterocycles. The Morgan fingerprint density at radius 2 is 1.80 bits per heavy atom. The van der Waals surface area contributed by atoms with Crippen molar-refractivity contribution in [1.82, 2.24) is 0 Å². The summed E-state index contributed by atoms with van der Waals surface area (Å²) < 4.78 is 0. The van der Waals surface area contributed by atoms with E-state index in [0.29, 0.717) is 0 Å². The molecule has 0 aromatic carbocycles. The minimum Gasteiger partial charge on any atom is -0.0628 e. The second-order valence-electron chi connectivity index (χ2n) is 6.64. The molecule has 0 spiro atoms. The van der Waals surface area contributed by atoms with Crippen molar-refractivity contribution >= 4 is 0 Å². The molecule has 0 nitrogen and oxygen atoms in total. The molecule has 0 aromatic heterocycles. The SMILES string of the molecule is CC(C)CCC(C)C1CC1CC1CCC1. The summed E-state index contributed by atoms with van der Waals surface area (Å²) in [7, 11) is 0.